The van der Waals surface area contributed by atoms with Gasteiger partial charge in [-0.3, -0.25) is 4.79 Å². The highest BCUT2D eigenvalue weighted by Crippen LogP contribution is 2.35. The van der Waals surface area contributed by atoms with E-state index in [1.807, 2.05) is 42.5 Å². The summed E-state index contributed by atoms with van der Waals surface area (Å²) in [7, 11) is 0. The molecule has 0 saturated carbocycles. The van der Waals surface area contributed by atoms with E-state index in [0.29, 0.717) is 23.2 Å². The number of aromatic nitrogens is 2. The maximum absolute atomic E-state index is 11.2. The molecule has 136 valence electrons. The number of fused-ring (bicyclic) bond motifs is 1. The number of amides is 1. The molecular formula is C19H17N5O3. The third kappa shape index (κ3) is 4.06. The van der Waals surface area contributed by atoms with E-state index in [1.54, 1.807) is 12.3 Å². The van der Waals surface area contributed by atoms with E-state index in [9.17, 15) is 4.79 Å². The fraction of sp³-hybridized carbons (Fsp3) is 0.105. The van der Waals surface area contributed by atoms with Crippen LogP contribution in [0.2, 0.25) is 0 Å². The van der Waals surface area contributed by atoms with Gasteiger partial charge in [-0.15, -0.1) is 0 Å². The van der Waals surface area contributed by atoms with Crippen molar-refractivity contribution in [1.29, 1.82) is 0 Å². The average molecular weight is 363 g/mol. The van der Waals surface area contributed by atoms with E-state index in [1.165, 1.54) is 6.92 Å². The van der Waals surface area contributed by atoms with Crippen molar-refractivity contribution in [3.8, 4) is 11.5 Å². The van der Waals surface area contributed by atoms with E-state index in [-0.39, 0.29) is 12.7 Å². The number of benzene rings is 2. The summed E-state index contributed by atoms with van der Waals surface area (Å²) in [6, 6.07) is 14.7. The Morgan fingerprint density at radius 2 is 1.78 bits per heavy atom. The molecule has 8 nitrogen and oxygen atoms in total. The van der Waals surface area contributed by atoms with Crippen LogP contribution in [-0.4, -0.2) is 22.7 Å². The van der Waals surface area contributed by atoms with Crippen LogP contribution in [0.4, 0.5) is 28.8 Å². The van der Waals surface area contributed by atoms with Crippen LogP contribution in [0.25, 0.3) is 0 Å². The number of hydrogen-bond acceptors (Lipinski definition) is 7. The van der Waals surface area contributed by atoms with Crippen LogP contribution in [0.5, 0.6) is 11.5 Å². The minimum Gasteiger partial charge on any atom is -0.454 e. The third-order valence-electron chi connectivity index (χ3n) is 3.74. The quantitative estimate of drug-likeness (QED) is 0.636. The van der Waals surface area contributed by atoms with Crippen molar-refractivity contribution in [2.24, 2.45) is 0 Å². The molecule has 1 aromatic heterocycles. The average Bonchev–Trinajstić information content (AvgIpc) is 3.09. The van der Waals surface area contributed by atoms with E-state index in [4.69, 9.17) is 9.47 Å². The van der Waals surface area contributed by atoms with Gasteiger partial charge < -0.3 is 25.4 Å². The molecule has 8 heteroatoms. The molecule has 0 spiro atoms. The van der Waals surface area contributed by atoms with Gasteiger partial charge in [-0.05, 0) is 36.4 Å². The molecule has 0 saturated heterocycles. The van der Waals surface area contributed by atoms with Gasteiger partial charge in [0.25, 0.3) is 0 Å². The molecule has 4 rings (SSSR count). The number of ether oxygens (including phenoxy) is 2. The van der Waals surface area contributed by atoms with E-state index in [0.717, 1.165) is 17.1 Å². The van der Waals surface area contributed by atoms with E-state index >= 15 is 0 Å². The first-order valence-electron chi connectivity index (χ1n) is 8.30. The summed E-state index contributed by atoms with van der Waals surface area (Å²) < 4.78 is 10.7. The van der Waals surface area contributed by atoms with Gasteiger partial charge in [0.05, 0.1) is 0 Å². The summed E-state index contributed by atoms with van der Waals surface area (Å²) in [6.07, 6.45) is 1.66. The standard InChI is InChI=1S/C19H17N5O3/c1-12(25)21-13-3-2-4-14(9-13)23-19-20-8-7-18(24-19)22-15-5-6-16-17(10-15)27-11-26-16/h2-10H,11H2,1H3,(H,21,25)(H2,20,22,23,24). The highest BCUT2D eigenvalue weighted by atomic mass is 16.7. The maximum atomic E-state index is 11.2. The van der Waals surface area contributed by atoms with Crippen molar-refractivity contribution in [2.45, 2.75) is 6.92 Å². The van der Waals surface area contributed by atoms with Crippen molar-refractivity contribution in [3.05, 3.63) is 54.7 Å². The summed E-state index contributed by atoms with van der Waals surface area (Å²) in [5.41, 5.74) is 2.29. The fourth-order valence-electron chi connectivity index (χ4n) is 2.62. The fourth-order valence-corrected chi connectivity index (χ4v) is 2.62. The predicted octanol–water partition coefficient (Wildman–Crippen LogP) is 3.65. The smallest absolute Gasteiger partial charge is 0.231 e. The van der Waals surface area contributed by atoms with Crippen LogP contribution < -0.4 is 25.4 Å². The van der Waals surface area contributed by atoms with Crippen LogP contribution in [0.3, 0.4) is 0 Å². The van der Waals surface area contributed by atoms with Crippen molar-refractivity contribution in [1.82, 2.24) is 9.97 Å². The Labute approximate surface area is 155 Å². The Kier molecular flexibility index (Phi) is 4.44. The molecule has 3 aromatic rings. The number of anilines is 5. The molecule has 0 radical (unpaired) electrons. The Balaban J connectivity index is 1.48. The number of carbonyl (C=O) groups is 1. The lowest BCUT2D eigenvalue weighted by molar-refractivity contribution is -0.114. The third-order valence-corrected chi connectivity index (χ3v) is 3.74. The zero-order valence-corrected chi connectivity index (χ0v) is 14.5. The number of carbonyl (C=O) groups excluding carboxylic acids is 1. The second-order valence-electron chi connectivity index (χ2n) is 5.85. The highest BCUT2D eigenvalue weighted by Gasteiger charge is 2.13. The molecule has 2 heterocycles. The molecule has 0 fully saturated rings. The summed E-state index contributed by atoms with van der Waals surface area (Å²) >= 11 is 0. The second kappa shape index (κ2) is 7.20. The number of hydrogen-bond donors (Lipinski definition) is 3. The molecule has 0 bridgehead atoms. The largest absolute Gasteiger partial charge is 0.454 e. The molecule has 0 atom stereocenters. The first kappa shape index (κ1) is 16.6. The summed E-state index contributed by atoms with van der Waals surface area (Å²) in [6.45, 7) is 1.70. The zero-order chi connectivity index (χ0) is 18.6. The van der Waals surface area contributed by atoms with Crippen molar-refractivity contribution >= 4 is 34.7 Å². The normalized spacial score (nSPS) is 11.7. The van der Waals surface area contributed by atoms with Gasteiger partial charge in [0.15, 0.2) is 11.5 Å². The minimum atomic E-state index is -0.127. The molecule has 1 aliphatic heterocycles. The second-order valence-corrected chi connectivity index (χ2v) is 5.85. The van der Waals surface area contributed by atoms with Crippen LogP contribution in [-0.2, 0) is 4.79 Å². The predicted molar refractivity (Wildman–Crippen MR) is 102 cm³/mol. The van der Waals surface area contributed by atoms with Gasteiger partial charge in [0.2, 0.25) is 18.6 Å². The summed E-state index contributed by atoms with van der Waals surface area (Å²) in [5.74, 6) is 2.36. The summed E-state index contributed by atoms with van der Waals surface area (Å²) in [4.78, 5) is 19.9. The number of nitrogens with one attached hydrogen (secondary N) is 3. The molecule has 1 amide bonds. The molecule has 1 aliphatic rings. The minimum absolute atomic E-state index is 0.127. The van der Waals surface area contributed by atoms with Crippen LogP contribution in [0.1, 0.15) is 6.92 Å². The number of rotatable bonds is 5. The Hall–Kier alpha value is -3.81. The van der Waals surface area contributed by atoms with Gasteiger partial charge in [0, 0.05) is 36.2 Å². The Morgan fingerprint density at radius 3 is 2.67 bits per heavy atom. The SMILES string of the molecule is CC(=O)Nc1cccc(Nc2nccc(Nc3ccc4c(c3)OCO4)n2)c1. The molecular weight excluding hydrogens is 346 g/mol. The molecule has 2 aromatic carbocycles. The van der Waals surface area contributed by atoms with Gasteiger partial charge in [0.1, 0.15) is 5.82 Å². The Morgan fingerprint density at radius 1 is 0.963 bits per heavy atom. The van der Waals surface area contributed by atoms with Crippen LogP contribution in [0.15, 0.2) is 54.7 Å². The molecule has 0 unspecified atom stereocenters. The first-order valence-corrected chi connectivity index (χ1v) is 8.30. The zero-order valence-electron chi connectivity index (χ0n) is 14.5. The van der Waals surface area contributed by atoms with Crippen molar-refractivity contribution in [2.75, 3.05) is 22.7 Å². The first-order chi connectivity index (χ1) is 13.2. The topological polar surface area (TPSA) is 97.4 Å². The lowest BCUT2D eigenvalue weighted by atomic mass is 10.2. The lowest BCUT2D eigenvalue weighted by Gasteiger charge is -2.10. The monoisotopic (exact) mass is 363 g/mol. The highest BCUT2D eigenvalue weighted by molar-refractivity contribution is 5.89. The molecule has 0 aliphatic carbocycles. The van der Waals surface area contributed by atoms with Crippen molar-refractivity contribution in [3.63, 3.8) is 0 Å². The summed E-state index contributed by atoms with van der Waals surface area (Å²) in [5, 5.41) is 9.08. The molecule has 27 heavy (non-hydrogen) atoms. The van der Waals surface area contributed by atoms with Gasteiger partial charge >= 0.3 is 0 Å². The molecule has 3 N–H and O–H groups in total. The van der Waals surface area contributed by atoms with Crippen molar-refractivity contribution < 1.29 is 14.3 Å². The maximum Gasteiger partial charge on any atom is 0.231 e. The lowest BCUT2D eigenvalue weighted by Crippen LogP contribution is -2.06. The van der Waals surface area contributed by atoms with Crippen LogP contribution in [0, 0.1) is 0 Å². The van der Waals surface area contributed by atoms with E-state index < -0.39 is 0 Å². The number of nitrogens with zero attached hydrogens (tertiary/aromatic N) is 2. The van der Waals surface area contributed by atoms with Gasteiger partial charge in [-0.1, -0.05) is 6.07 Å². The van der Waals surface area contributed by atoms with E-state index in [2.05, 4.69) is 25.9 Å². The van der Waals surface area contributed by atoms with Gasteiger partial charge in [-0.2, -0.15) is 4.98 Å². The Bertz CT molecular complexity index is 993. The van der Waals surface area contributed by atoms with Crippen LogP contribution >= 0.6 is 0 Å². The van der Waals surface area contributed by atoms with Gasteiger partial charge in [-0.25, -0.2) is 4.98 Å².